The Morgan fingerprint density at radius 2 is 0.761 bits per heavy atom. The number of unbranched alkanes of at least 4 members (excludes halogenated alkanes) is 1. The van der Waals surface area contributed by atoms with Gasteiger partial charge >= 0.3 is 12.2 Å². The van der Waals surface area contributed by atoms with Crippen LogP contribution in [0.3, 0.4) is 0 Å². The highest BCUT2D eigenvalue weighted by Gasteiger charge is 2.24. The summed E-state index contributed by atoms with van der Waals surface area (Å²) in [5, 5.41) is 5.47. The van der Waals surface area contributed by atoms with Gasteiger partial charge in [0.15, 0.2) is 11.6 Å². The maximum Gasteiger partial charge on any atom is 0.408 e. The molecule has 4 rings (SSSR count). The van der Waals surface area contributed by atoms with Crippen LogP contribution in [0.15, 0.2) is 121 Å². The molecule has 4 aromatic rings. The summed E-state index contributed by atoms with van der Waals surface area (Å²) in [6.45, 7) is 0.192. The van der Waals surface area contributed by atoms with Crippen LogP contribution in [0.2, 0.25) is 0 Å². The standard InChI is InChI=1S/C38H40N2O6/c41-35(33(25-29-15-5-1-6-16-29)39-37(43)45-27-31-19-9-3-10-20-31)23-13-14-24-36(42)34(26-30-17-7-2-8-18-30)40-38(44)46-28-32-21-11-4-12-22-32/h1-12,15-22,33-34H,13-14,23-28H2,(H,39,43)(H,40,44)/t33-,34-/m0/s1. The van der Waals surface area contributed by atoms with E-state index in [0.29, 0.717) is 25.7 Å². The smallest absolute Gasteiger partial charge is 0.408 e. The van der Waals surface area contributed by atoms with E-state index in [1.165, 1.54) is 0 Å². The topological polar surface area (TPSA) is 111 Å². The minimum Gasteiger partial charge on any atom is -0.445 e. The highest BCUT2D eigenvalue weighted by Crippen LogP contribution is 2.13. The van der Waals surface area contributed by atoms with Crippen molar-refractivity contribution >= 4 is 23.8 Å². The van der Waals surface area contributed by atoms with Gasteiger partial charge in [0.25, 0.3) is 0 Å². The molecule has 0 saturated heterocycles. The third kappa shape index (κ3) is 12.0. The minimum atomic E-state index is -0.770. The molecule has 0 aliphatic carbocycles. The first-order chi connectivity index (χ1) is 22.5. The summed E-state index contributed by atoms with van der Waals surface area (Å²) >= 11 is 0. The zero-order valence-electron chi connectivity index (χ0n) is 25.8. The Bertz CT molecular complexity index is 1400. The van der Waals surface area contributed by atoms with Gasteiger partial charge in [-0.15, -0.1) is 0 Å². The SMILES string of the molecule is O=C(N[C@@H](Cc1ccccc1)C(=O)CCCCC(=O)[C@H](Cc1ccccc1)NC(=O)OCc1ccccc1)OCc1ccccc1. The first kappa shape index (κ1) is 33.6. The number of carbonyl (C=O) groups excluding carboxylic acids is 4. The average Bonchev–Trinajstić information content (AvgIpc) is 3.09. The molecule has 2 atom stereocenters. The van der Waals surface area contributed by atoms with E-state index < -0.39 is 24.3 Å². The summed E-state index contributed by atoms with van der Waals surface area (Å²) < 4.78 is 10.7. The summed E-state index contributed by atoms with van der Waals surface area (Å²) in [4.78, 5) is 51.8. The Kier molecular flexibility index (Phi) is 13.6. The molecule has 0 heterocycles. The molecule has 2 amide bonds. The molecule has 0 aliphatic rings. The highest BCUT2D eigenvalue weighted by atomic mass is 16.6. The predicted molar refractivity (Wildman–Crippen MR) is 176 cm³/mol. The Labute approximate surface area is 270 Å². The Morgan fingerprint density at radius 1 is 0.457 bits per heavy atom. The van der Waals surface area contributed by atoms with Crippen molar-refractivity contribution in [3.05, 3.63) is 144 Å². The molecule has 0 aromatic heterocycles. The monoisotopic (exact) mass is 620 g/mol. The number of rotatable bonds is 17. The molecule has 4 aromatic carbocycles. The molecule has 0 fully saturated rings. The van der Waals surface area contributed by atoms with E-state index in [1.54, 1.807) is 0 Å². The summed E-state index contributed by atoms with van der Waals surface area (Å²) in [7, 11) is 0. The van der Waals surface area contributed by atoms with E-state index in [1.807, 2.05) is 121 Å². The Morgan fingerprint density at radius 3 is 1.09 bits per heavy atom. The normalized spacial score (nSPS) is 11.9. The van der Waals surface area contributed by atoms with Crippen molar-refractivity contribution in [3.63, 3.8) is 0 Å². The number of Topliss-reactive ketones (excluding diaryl/α,β-unsaturated/α-hetero) is 2. The lowest BCUT2D eigenvalue weighted by molar-refractivity contribution is -0.122. The zero-order valence-corrected chi connectivity index (χ0v) is 25.8. The summed E-state index contributed by atoms with van der Waals surface area (Å²) in [6.07, 6.45) is 0.588. The van der Waals surface area contributed by atoms with E-state index >= 15 is 0 Å². The van der Waals surface area contributed by atoms with Crippen LogP contribution in [0.5, 0.6) is 0 Å². The van der Waals surface area contributed by atoms with Gasteiger partial charge in [-0.25, -0.2) is 9.59 Å². The third-order valence-corrected chi connectivity index (χ3v) is 7.45. The molecule has 46 heavy (non-hydrogen) atoms. The molecule has 0 spiro atoms. The van der Waals surface area contributed by atoms with Crippen molar-refractivity contribution in [3.8, 4) is 0 Å². The van der Waals surface area contributed by atoms with E-state index in [4.69, 9.17) is 9.47 Å². The zero-order chi connectivity index (χ0) is 32.4. The highest BCUT2D eigenvalue weighted by molar-refractivity contribution is 5.89. The van der Waals surface area contributed by atoms with Crippen LogP contribution < -0.4 is 10.6 Å². The number of nitrogens with one attached hydrogen (secondary N) is 2. The van der Waals surface area contributed by atoms with Crippen LogP contribution in [0.4, 0.5) is 9.59 Å². The molecule has 8 heteroatoms. The first-order valence-electron chi connectivity index (χ1n) is 15.5. The number of benzene rings is 4. The fraction of sp³-hybridized carbons (Fsp3) is 0.263. The molecule has 2 N–H and O–H groups in total. The first-order valence-corrected chi connectivity index (χ1v) is 15.5. The van der Waals surface area contributed by atoms with Crippen LogP contribution in [-0.2, 0) is 45.1 Å². The fourth-order valence-electron chi connectivity index (χ4n) is 4.95. The number of hydrogen-bond donors (Lipinski definition) is 2. The van der Waals surface area contributed by atoms with E-state index in [2.05, 4.69) is 10.6 Å². The van der Waals surface area contributed by atoms with Crippen molar-refractivity contribution in [2.45, 2.75) is 63.8 Å². The molecule has 8 nitrogen and oxygen atoms in total. The number of hydrogen-bond acceptors (Lipinski definition) is 6. The number of carbonyl (C=O) groups is 4. The lowest BCUT2D eigenvalue weighted by Gasteiger charge is -2.19. The van der Waals surface area contributed by atoms with E-state index in [9.17, 15) is 19.2 Å². The second-order valence-corrected chi connectivity index (χ2v) is 11.0. The van der Waals surface area contributed by atoms with Crippen LogP contribution in [0.1, 0.15) is 47.9 Å². The van der Waals surface area contributed by atoms with Gasteiger partial charge in [0.1, 0.15) is 13.2 Å². The summed E-state index contributed by atoms with van der Waals surface area (Å²) in [6, 6.07) is 36.0. The molecule has 0 aliphatic heterocycles. The molecular weight excluding hydrogens is 580 g/mol. The molecule has 238 valence electrons. The summed E-state index contributed by atoms with van der Waals surface area (Å²) in [5.74, 6) is -0.284. The van der Waals surface area contributed by atoms with Crippen LogP contribution in [0, 0.1) is 0 Å². The van der Waals surface area contributed by atoms with Gasteiger partial charge < -0.3 is 20.1 Å². The lowest BCUT2D eigenvalue weighted by Crippen LogP contribution is -2.43. The van der Waals surface area contributed by atoms with Gasteiger partial charge in [-0.1, -0.05) is 121 Å². The van der Waals surface area contributed by atoms with Gasteiger partial charge in [-0.3, -0.25) is 9.59 Å². The summed E-state index contributed by atoms with van der Waals surface area (Å²) in [5.41, 5.74) is 3.51. The van der Waals surface area contributed by atoms with Gasteiger partial charge in [0.05, 0.1) is 12.1 Å². The number of ketones is 2. The fourth-order valence-corrected chi connectivity index (χ4v) is 4.95. The minimum absolute atomic E-state index is 0.0962. The Balaban J connectivity index is 1.29. The van der Waals surface area contributed by atoms with Crippen molar-refractivity contribution in [2.75, 3.05) is 0 Å². The second-order valence-electron chi connectivity index (χ2n) is 11.0. The van der Waals surface area contributed by atoms with Crippen LogP contribution in [0.25, 0.3) is 0 Å². The maximum absolute atomic E-state index is 13.3. The average molecular weight is 621 g/mol. The number of alkyl carbamates (subject to hydrolysis) is 2. The molecular formula is C38H40N2O6. The van der Waals surface area contributed by atoms with Gasteiger partial charge in [-0.2, -0.15) is 0 Å². The molecule has 0 radical (unpaired) electrons. The van der Waals surface area contributed by atoms with Gasteiger partial charge in [-0.05, 0) is 47.9 Å². The maximum atomic E-state index is 13.3. The molecule has 0 saturated carbocycles. The van der Waals surface area contributed by atoms with E-state index in [-0.39, 0.29) is 37.6 Å². The number of ether oxygens (including phenoxy) is 2. The van der Waals surface area contributed by atoms with Crippen molar-refractivity contribution in [1.29, 1.82) is 0 Å². The van der Waals surface area contributed by atoms with E-state index in [0.717, 1.165) is 22.3 Å². The van der Waals surface area contributed by atoms with Crippen molar-refractivity contribution in [2.24, 2.45) is 0 Å². The number of amides is 2. The Hall–Kier alpha value is -5.24. The second kappa shape index (κ2) is 18.5. The quantitative estimate of drug-likeness (QED) is 0.126. The largest absolute Gasteiger partial charge is 0.445 e. The van der Waals surface area contributed by atoms with Gasteiger partial charge in [0.2, 0.25) is 0 Å². The van der Waals surface area contributed by atoms with Crippen molar-refractivity contribution < 1.29 is 28.7 Å². The lowest BCUT2D eigenvalue weighted by atomic mass is 9.96. The molecule has 0 unspecified atom stereocenters. The van der Waals surface area contributed by atoms with Crippen molar-refractivity contribution in [1.82, 2.24) is 10.6 Å². The molecule has 0 bridgehead atoms. The predicted octanol–water partition coefficient (Wildman–Crippen LogP) is 6.76. The van der Waals surface area contributed by atoms with Crippen LogP contribution >= 0.6 is 0 Å². The third-order valence-electron chi connectivity index (χ3n) is 7.45. The van der Waals surface area contributed by atoms with Gasteiger partial charge in [0, 0.05) is 12.8 Å². The van der Waals surface area contributed by atoms with Crippen LogP contribution in [-0.4, -0.2) is 35.8 Å².